The summed E-state index contributed by atoms with van der Waals surface area (Å²) in [6, 6.07) is 4.25. The minimum absolute atomic E-state index is 0.0129. The van der Waals surface area contributed by atoms with Crippen molar-refractivity contribution >= 4 is 28.9 Å². The number of hydrogen-bond acceptors (Lipinski definition) is 3. The fourth-order valence-corrected chi connectivity index (χ4v) is 2.93. The Morgan fingerprint density at radius 2 is 2.26 bits per heavy atom. The number of halogens is 2. The number of carbonyl (C=O) groups is 1. The van der Waals surface area contributed by atoms with E-state index in [4.69, 9.17) is 16.7 Å². The Morgan fingerprint density at radius 1 is 1.53 bits per heavy atom. The molecule has 0 saturated carbocycles. The van der Waals surface area contributed by atoms with Crippen molar-refractivity contribution in [2.75, 3.05) is 0 Å². The van der Waals surface area contributed by atoms with E-state index in [9.17, 15) is 9.18 Å². The Balaban J connectivity index is 2.53. The minimum atomic E-state index is -1.11. The van der Waals surface area contributed by atoms with Crippen LogP contribution in [0.2, 0.25) is 5.02 Å². The molecule has 0 amide bonds. The Labute approximate surface area is 118 Å². The van der Waals surface area contributed by atoms with Gasteiger partial charge in [0.1, 0.15) is 5.82 Å². The molecule has 3 nitrogen and oxygen atoms in total. The van der Waals surface area contributed by atoms with E-state index in [0.717, 1.165) is 11.4 Å². The lowest BCUT2D eigenvalue weighted by Crippen LogP contribution is -1.99. The number of aromatic carboxylic acids is 1. The molecule has 1 aromatic heterocycles. The lowest BCUT2D eigenvalue weighted by molar-refractivity contribution is 0.0692. The number of nitrogens with zero attached hydrogens (tertiary/aromatic N) is 1. The molecular formula is C13H11ClFNO2S. The van der Waals surface area contributed by atoms with Crippen LogP contribution in [0.1, 0.15) is 28.8 Å². The average Bonchev–Trinajstić information content (AvgIpc) is 2.77. The molecule has 0 fully saturated rings. The second-order valence-corrected chi connectivity index (χ2v) is 5.46. The molecule has 6 heteroatoms. The van der Waals surface area contributed by atoms with E-state index in [2.05, 4.69) is 4.98 Å². The zero-order valence-electron chi connectivity index (χ0n) is 10.1. The van der Waals surface area contributed by atoms with E-state index < -0.39 is 11.8 Å². The highest BCUT2D eigenvalue weighted by Crippen LogP contribution is 2.32. The number of hydrogen-bond donors (Lipinski definition) is 1. The number of aryl methyl sites for hydroxylation is 1. The summed E-state index contributed by atoms with van der Waals surface area (Å²) in [5.74, 6) is -1.68. The summed E-state index contributed by atoms with van der Waals surface area (Å²) in [5, 5.41) is 9.91. The second kappa shape index (κ2) is 5.67. The topological polar surface area (TPSA) is 50.2 Å². The molecule has 19 heavy (non-hydrogen) atoms. The summed E-state index contributed by atoms with van der Waals surface area (Å²) in [6.07, 6.45) is 1.59. The van der Waals surface area contributed by atoms with E-state index >= 15 is 0 Å². The van der Waals surface area contributed by atoms with Gasteiger partial charge in [-0.3, -0.25) is 0 Å². The fourth-order valence-electron chi connectivity index (χ4n) is 1.66. The van der Waals surface area contributed by atoms with Crippen LogP contribution in [-0.2, 0) is 6.42 Å². The summed E-state index contributed by atoms with van der Waals surface area (Å²) in [7, 11) is 0. The molecular weight excluding hydrogens is 289 g/mol. The van der Waals surface area contributed by atoms with Crippen molar-refractivity contribution < 1.29 is 14.3 Å². The van der Waals surface area contributed by atoms with Crippen molar-refractivity contribution in [1.82, 2.24) is 4.98 Å². The normalized spacial score (nSPS) is 10.7. The van der Waals surface area contributed by atoms with Crippen molar-refractivity contribution in [3.8, 4) is 10.4 Å². The number of thiazole rings is 1. The summed E-state index contributed by atoms with van der Waals surface area (Å²) >= 11 is 6.90. The third kappa shape index (κ3) is 2.93. The van der Waals surface area contributed by atoms with Gasteiger partial charge in [0, 0.05) is 0 Å². The second-order valence-electron chi connectivity index (χ2n) is 3.97. The molecule has 2 rings (SSSR count). The van der Waals surface area contributed by atoms with Crippen LogP contribution in [0.4, 0.5) is 4.39 Å². The molecule has 2 aromatic rings. The zero-order chi connectivity index (χ0) is 14.0. The third-order valence-corrected chi connectivity index (χ3v) is 3.99. The van der Waals surface area contributed by atoms with E-state index in [1.807, 2.05) is 6.92 Å². The van der Waals surface area contributed by atoms with Crippen LogP contribution in [0.15, 0.2) is 18.2 Å². The molecule has 1 aromatic carbocycles. The maximum atomic E-state index is 13.5. The zero-order valence-corrected chi connectivity index (χ0v) is 11.7. The summed E-state index contributed by atoms with van der Waals surface area (Å²) in [6.45, 7) is 1.99. The summed E-state index contributed by atoms with van der Waals surface area (Å²) < 4.78 is 13.5. The van der Waals surface area contributed by atoms with E-state index in [0.29, 0.717) is 16.9 Å². The molecule has 1 heterocycles. The number of rotatable bonds is 4. The molecule has 0 saturated heterocycles. The fraction of sp³-hybridized carbons (Fsp3) is 0.231. The van der Waals surface area contributed by atoms with Crippen molar-refractivity contribution in [1.29, 1.82) is 0 Å². The van der Waals surface area contributed by atoms with Gasteiger partial charge in [0.2, 0.25) is 0 Å². The van der Waals surface area contributed by atoms with Gasteiger partial charge in [-0.15, -0.1) is 11.3 Å². The van der Waals surface area contributed by atoms with Crippen molar-refractivity contribution in [3.63, 3.8) is 0 Å². The molecule has 0 aliphatic heterocycles. The van der Waals surface area contributed by atoms with Crippen LogP contribution >= 0.6 is 22.9 Å². The lowest BCUT2D eigenvalue weighted by Gasteiger charge is -2.00. The van der Waals surface area contributed by atoms with Gasteiger partial charge >= 0.3 is 5.97 Å². The first-order chi connectivity index (χ1) is 9.02. The number of carboxylic acids is 1. The largest absolute Gasteiger partial charge is 0.476 e. The van der Waals surface area contributed by atoms with E-state index in [-0.39, 0.29) is 10.7 Å². The van der Waals surface area contributed by atoms with Gasteiger partial charge in [0.25, 0.3) is 0 Å². The Kier molecular flexibility index (Phi) is 4.17. The predicted octanol–water partition coefficient (Wildman–Crippen LogP) is 4.25. The molecule has 100 valence electrons. The number of carboxylic acid groups (broad SMARTS) is 1. The van der Waals surface area contributed by atoms with Gasteiger partial charge < -0.3 is 5.11 Å². The maximum Gasteiger partial charge on any atom is 0.356 e. The highest BCUT2D eigenvalue weighted by molar-refractivity contribution is 7.15. The van der Waals surface area contributed by atoms with E-state index in [1.165, 1.54) is 23.5 Å². The molecule has 0 bridgehead atoms. The van der Waals surface area contributed by atoms with Gasteiger partial charge in [-0.05, 0) is 30.5 Å². The molecule has 0 aliphatic rings. The first-order valence-corrected chi connectivity index (χ1v) is 6.90. The minimum Gasteiger partial charge on any atom is -0.476 e. The van der Waals surface area contributed by atoms with Crippen LogP contribution in [-0.4, -0.2) is 16.1 Å². The van der Waals surface area contributed by atoms with Gasteiger partial charge in [0.15, 0.2) is 5.69 Å². The standard InChI is InChI=1S/C13H11ClFNO2S/c1-2-3-10-16-11(13(17)18)12(19-10)7-4-5-8(14)9(15)6-7/h4-6H,2-3H2,1H3,(H,17,18). The first-order valence-electron chi connectivity index (χ1n) is 5.71. The average molecular weight is 300 g/mol. The monoisotopic (exact) mass is 299 g/mol. The highest BCUT2D eigenvalue weighted by Gasteiger charge is 2.19. The molecule has 0 radical (unpaired) electrons. The Bertz CT molecular complexity index is 627. The van der Waals surface area contributed by atoms with Gasteiger partial charge in [-0.2, -0.15) is 0 Å². The summed E-state index contributed by atoms with van der Waals surface area (Å²) in [5.41, 5.74) is 0.453. The first kappa shape index (κ1) is 14.0. The van der Waals surface area contributed by atoms with Crippen molar-refractivity contribution in [2.45, 2.75) is 19.8 Å². The van der Waals surface area contributed by atoms with Crippen LogP contribution < -0.4 is 0 Å². The van der Waals surface area contributed by atoms with Crippen LogP contribution in [0, 0.1) is 5.82 Å². The predicted molar refractivity (Wildman–Crippen MR) is 73.5 cm³/mol. The van der Waals surface area contributed by atoms with Gasteiger partial charge in [-0.1, -0.05) is 24.6 Å². The molecule has 0 atom stereocenters. The molecule has 0 unspecified atom stereocenters. The number of benzene rings is 1. The lowest BCUT2D eigenvalue weighted by atomic mass is 10.1. The maximum absolute atomic E-state index is 13.5. The van der Waals surface area contributed by atoms with E-state index in [1.54, 1.807) is 6.07 Å². The quantitative estimate of drug-likeness (QED) is 0.918. The van der Waals surface area contributed by atoms with Crippen molar-refractivity contribution in [3.05, 3.63) is 39.7 Å². The molecule has 0 aliphatic carbocycles. The Morgan fingerprint density at radius 3 is 2.84 bits per heavy atom. The van der Waals surface area contributed by atoms with Gasteiger partial charge in [0.05, 0.1) is 14.9 Å². The molecule has 0 spiro atoms. The van der Waals surface area contributed by atoms with Gasteiger partial charge in [-0.25, -0.2) is 14.2 Å². The number of aromatic nitrogens is 1. The smallest absolute Gasteiger partial charge is 0.356 e. The molecule has 1 N–H and O–H groups in total. The SMILES string of the molecule is CCCc1nc(C(=O)O)c(-c2ccc(Cl)c(F)c2)s1. The van der Waals surface area contributed by atoms with Crippen LogP contribution in [0.3, 0.4) is 0 Å². The van der Waals surface area contributed by atoms with Crippen LogP contribution in [0.5, 0.6) is 0 Å². The summed E-state index contributed by atoms with van der Waals surface area (Å²) in [4.78, 5) is 15.7. The third-order valence-electron chi connectivity index (χ3n) is 2.52. The van der Waals surface area contributed by atoms with Crippen LogP contribution in [0.25, 0.3) is 10.4 Å². The Hall–Kier alpha value is -1.46. The van der Waals surface area contributed by atoms with Crippen molar-refractivity contribution in [2.24, 2.45) is 0 Å². The highest BCUT2D eigenvalue weighted by atomic mass is 35.5.